The van der Waals surface area contributed by atoms with Gasteiger partial charge in [-0.1, -0.05) is 36.4 Å². The zero-order chi connectivity index (χ0) is 17.6. The number of hydrogen-bond donors (Lipinski definition) is 0. The fraction of sp³-hybridized carbons (Fsp3) is 0.385. The average Bonchev–Trinajstić information content (AvgIpc) is 2.43. The predicted octanol–water partition coefficient (Wildman–Crippen LogP) is 5.09. The number of rotatable bonds is 7. The molecule has 0 radical (unpaired) electrons. The standard InChI is InChI=1S/C13H13F6O3P/c14-12(15,16)9-21-23(20,22-10-13(17,18)19)8-4-7-11-5-2-1-3-6-11/h1-6,8H,7,9-10H2/b8-4+. The molecule has 0 saturated carbocycles. The monoisotopic (exact) mass is 362 g/mol. The molecular formula is C13H13F6O3P. The van der Waals surface area contributed by atoms with Gasteiger partial charge in [0.15, 0.2) is 13.2 Å². The van der Waals surface area contributed by atoms with Crippen molar-refractivity contribution < 1.29 is 40.0 Å². The molecule has 0 aromatic heterocycles. The van der Waals surface area contributed by atoms with E-state index in [9.17, 15) is 30.9 Å². The molecule has 0 bridgehead atoms. The summed E-state index contributed by atoms with van der Waals surface area (Å²) in [5.74, 6) is 0.609. The van der Waals surface area contributed by atoms with Gasteiger partial charge in [0.25, 0.3) is 0 Å². The highest BCUT2D eigenvalue weighted by molar-refractivity contribution is 7.57. The second-order valence-corrected chi connectivity index (χ2v) is 6.29. The summed E-state index contributed by atoms with van der Waals surface area (Å²) in [4.78, 5) is 0. The maximum atomic E-state index is 12.1. The second-order valence-electron chi connectivity index (χ2n) is 4.39. The molecule has 0 aliphatic rings. The fourth-order valence-electron chi connectivity index (χ4n) is 1.38. The van der Waals surface area contributed by atoms with E-state index in [1.54, 1.807) is 30.3 Å². The molecule has 10 heteroatoms. The van der Waals surface area contributed by atoms with Crippen LogP contribution in [0.3, 0.4) is 0 Å². The number of halogens is 6. The van der Waals surface area contributed by atoms with E-state index in [1.807, 2.05) is 0 Å². The van der Waals surface area contributed by atoms with E-state index >= 15 is 0 Å². The zero-order valence-electron chi connectivity index (χ0n) is 11.6. The molecule has 1 aromatic rings. The minimum atomic E-state index is -4.84. The van der Waals surface area contributed by atoms with Gasteiger partial charge in [-0.3, -0.25) is 13.6 Å². The summed E-state index contributed by atoms with van der Waals surface area (Å²) in [6.07, 6.45) is -8.40. The molecular weight excluding hydrogens is 349 g/mol. The highest BCUT2D eigenvalue weighted by Crippen LogP contribution is 2.51. The number of alkyl halides is 6. The normalized spacial score (nSPS) is 13.7. The lowest BCUT2D eigenvalue weighted by Gasteiger charge is -2.17. The van der Waals surface area contributed by atoms with Crippen molar-refractivity contribution in [2.75, 3.05) is 13.2 Å². The minimum Gasteiger partial charge on any atom is -0.296 e. The molecule has 130 valence electrons. The molecule has 0 aliphatic heterocycles. The average molecular weight is 362 g/mol. The van der Waals surface area contributed by atoms with Crippen molar-refractivity contribution in [1.82, 2.24) is 0 Å². The summed E-state index contributed by atoms with van der Waals surface area (Å²) < 4.78 is 92.7. The maximum absolute atomic E-state index is 12.1. The number of benzene rings is 1. The predicted molar refractivity (Wildman–Crippen MR) is 70.9 cm³/mol. The quantitative estimate of drug-likeness (QED) is 0.500. The first-order valence-electron chi connectivity index (χ1n) is 6.23. The van der Waals surface area contributed by atoms with E-state index in [0.29, 0.717) is 5.82 Å². The second kappa shape index (κ2) is 7.99. The molecule has 3 nitrogen and oxygen atoms in total. The van der Waals surface area contributed by atoms with Crippen LogP contribution in [0.15, 0.2) is 42.2 Å². The first-order valence-corrected chi connectivity index (χ1v) is 7.84. The summed E-state index contributed by atoms with van der Waals surface area (Å²) in [5, 5.41) is 0. The summed E-state index contributed by atoms with van der Waals surface area (Å²) in [6, 6.07) is 8.49. The Morgan fingerprint density at radius 3 is 1.83 bits per heavy atom. The molecule has 0 saturated heterocycles. The van der Waals surface area contributed by atoms with Crippen LogP contribution in [-0.2, 0) is 20.0 Å². The molecule has 1 rings (SSSR count). The molecule has 0 heterocycles. The number of allylic oxidation sites excluding steroid dienone is 1. The van der Waals surface area contributed by atoms with Crippen LogP contribution in [0.25, 0.3) is 0 Å². The Labute approximate surface area is 128 Å². The Morgan fingerprint density at radius 1 is 0.913 bits per heavy atom. The van der Waals surface area contributed by atoms with Gasteiger partial charge >= 0.3 is 19.9 Å². The van der Waals surface area contributed by atoms with E-state index in [2.05, 4.69) is 9.05 Å². The van der Waals surface area contributed by atoms with Gasteiger partial charge in [0.05, 0.1) is 0 Å². The summed E-state index contributed by atoms with van der Waals surface area (Å²) in [6.45, 7) is -3.95. The van der Waals surface area contributed by atoms with Gasteiger partial charge in [0.2, 0.25) is 0 Å². The smallest absolute Gasteiger partial charge is 0.296 e. The molecule has 0 fully saturated rings. The summed E-state index contributed by atoms with van der Waals surface area (Å²) >= 11 is 0. The summed E-state index contributed by atoms with van der Waals surface area (Å²) in [5.41, 5.74) is 0.724. The van der Waals surface area contributed by atoms with Gasteiger partial charge in [-0.2, -0.15) is 26.3 Å². The Hall–Kier alpha value is -1.31. The first kappa shape index (κ1) is 19.7. The van der Waals surface area contributed by atoms with Gasteiger partial charge in [-0.05, 0) is 12.0 Å². The van der Waals surface area contributed by atoms with Crippen LogP contribution >= 0.6 is 7.60 Å². The Bertz CT molecular complexity index is 531. The molecule has 0 amide bonds. The molecule has 23 heavy (non-hydrogen) atoms. The van der Waals surface area contributed by atoms with Crippen LogP contribution in [0.5, 0.6) is 0 Å². The van der Waals surface area contributed by atoms with Gasteiger partial charge in [-0.15, -0.1) is 0 Å². The third-order valence-electron chi connectivity index (χ3n) is 2.30. The van der Waals surface area contributed by atoms with E-state index < -0.39 is 33.2 Å². The molecule has 0 unspecified atom stereocenters. The van der Waals surface area contributed by atoms with Crippen LogP contribution in [0.1, 0.15) is 5.56 Å². The number of hydrogen-bond acceptors (Lipinski definition) is 3. The zero-order valence-corrected chi connectivity index (χ0v) is 12.5. The lowest BCUT2D eigenvalue weighted by atomic mass is 10.2. The summed E-state index contributed by atoms with van der Waals surface area (Å²) in [7, 11) is -4.67. The molecule has 1 aromatic carbocycles. The van der Waals surface area contributed by atoms with Crippen LogP contribution in [0.4, 0.5) is 26.3 Å². The van der Waals surface area contributed by atoms with Crippen molar-refractivity contribution in [1.29, 1.82) is 0 Å². The van der Waals surface area contributed by atoms with Crippen LogP contribution in [-0.4, -0.2) is 25.6 Å². The lowest BCUT2D eigenvalue weighted by Crippen LogP contribution is -2.19. The van der Waals surface area contributed by atoms with Crippen LogP contribution in [0.2, 0.25) is 0 Å². The first-order chi connectivity index (χ1) is 10.5. The van der Waals surface area contributed by atoms with Gasteiger partial charge in [0, 0.05) is 5.82 Å². The maximum Gasteiger partial charge on any atom is 0.412 e. The minimum absolute atomic E-state index is 0.148. The van der Waals surface area contributed by atoms with E-state index in [0.717, 1.165) is 11.6 Å². The van der Waals surface area contributed by atoms with E-state index in [4.69, 9.17) is 0 Å². The van der Waals surface area contributed by atoms with Crippen LogP contribution < -0.4 is 0 Å². The van der Waals surface area contributed by atoms with Crippen molar-refractivity contribution in [3.05, 3.63) is 47.8 Å². The fourth-order valence-corrected chi connectivity index (χ4v) is 2.64. The van der Waals surface area contributed by atoms with Crippen molar-refractivity contribution >= 4 is 7.60 Å². The largest absolute Gasteiger partial charge is 0.412 e. The molecule has 0 spiro atoms. The Kier molecular flexibility index (Phi) is 6.85. The third-order valence-corrected chi connectivity index (χ3v) is 3.85. The van der Waals surface area contributed by atoms with Gasteiger partial charge < -0.3 is 0 Å². The molecule has 0 atom stereocenters. The lowest BCUT2D eigenvalue weighted by molar-refractivity contribution is -0.164. The van der Waals surface area contributed by atoms with E-state index in [-0.39, 0.29) is 6.42 Å². The molecule has 0 N–H and O–H groups in total. The SMILES string of the molecule is O=P(/C=C/Cc1ccccc1)(OCC(F)(F)F)OCC(F)(F)F. The van der Waals surface area contributed by atoms with Crippen molar-refractivity contribution in [2.45, 2.75) is 18.8 Å². The van der Waals surface area contributed by atoms with Crippen LogP contribution in [0, 0.1) is 0 Å². The van der Waals surface area contributed by atoms with Crippen molar-refractivity contribution in [3.8, 4) is 0 Å². The van der Waals surface area contributed by atoms with Crippen molar-refractivity contribution in [2.24, 2.45) is 0 Å². The highest BCUT2D eigenvalue weighted by Gasteiger charge is 2.37. The van der Waals surface area contributed by atoms with Gasteiger partial charge in [0.1, 0.15) is 0 Å². The Balaban J connectivity index is 2.75. The van der Waals surface area contributed by atoms with Gasteiger partial charge in [-0.25, -0.2) is 0 Å². The highest BCUT2D eigenvalue weighted by atomic mass is 31.2. The van der Waals surface area contributed by atoms with Crippen molar-refractivity contribution in [3.63, 3.8) is 0 Å². The molecule has 0 aliphatic carbocycles. The van der Waals surface area contributed by atoms with E-state index in [1.165, 1.54) is 0 Å². The topological polar surface area (TPSA) is 35.5 Å². The Morgan fingerprint density at radius 2 is 1.39 bits per heavy atom. The third kappa shape index (κ3) is 9.43.